The van der Waals surface area contributed by atoms with Crippen molar-refractivity contribution in [3.05, 3.63) is 92.5 Å². The first-order chi connectivity index (χ1) is 21.9. The van der Waals surface area contributed by atoms with Crippen molar-refractivity contribution in [3.63, 3.8) is 0 Å². The average molecular weight is 679 g/mol. The van der Waals surface area contributed by atoms with Gasteiger partial charge in [0.05, 0.1) is 34.2 Å². The largest absolute Gasteiger partial charge is 0.416 e. The molecule has 3 aromatic carbocycles. The van der Waals surface area contributed by atoms with Crippen molar-refractivity contribution in [1.82, 2.24) is 9.80 Å². The second-order valence-electron chi connectivity index (χ2n) is 12.6. The molecule has 0 radical (unpaired) electrons. The van der Waals surface area contributed by atoms with Gasteiger partial charge in [0.25, 0.3) is 0 Å². The van der Waals surface area contributed by atoms with Gasteiger partial charge in [-0.05, 0) is 85.0 Å². The van der Waals surface area contributed by atoms with E-state index in [2.05, 4.69) is 39.8 Å². The summed E-state index contributed by atoms with van der Waals surface area (Å²) in [7, 11) is 0. The van der Waals surface area contributed by atoms with Crippen LogP contribution in [0.3, 0.4) is 0 Å². The van der Waals surface area contributed by atoms with E-state index in [1.165, 1.54) is 0 Å². The third-order valence-corrected chi connectivity index (χ3v) is 8.64. The summed E-state index contributed by atoms with van der Waals surface area (Å²) in [5.74, 6) is 1.09. The van der Waals surface area contributed by atoms with Crippen LogP contribution >= 0.6 is 11.6 Å². The second-order valence-corrected chi connectivity index (χ2v) is 13.0. The zero-order chi connectivity index (χ0) is 34.8. The summed E-state index contributed by atoms with van der Waals surface area (Å²) < 4.78 is 83.8. The van der Waals surface area contributed by atoms with Crippen molar-refractivity contribution in [1.29, 1.82) is 0 Å². The lowest BCUT2D eigenvalue weighted by Crippen LogP contribution is -2.49. The third-order valence-electron chi connectivity index (χ3n) is 8.36. The lowest BCUT2D eigenvalue weighted by Gasteiger charge is -2.39. The number of rotatable bonds is 6. The predicted octanol–water partition coefficient (Wildman–Crippen LogP) is 11.3. The molecule has 0 N–H and O–H groups in total. The molecule has 0 aromatic heterocycles. The second kappa shape index (κ2) is 14.3. The van der Waals surface area contributed by atoms with Crippen molar-refractivity contribution < 1.29 is 26.3 Å². The Labute approximate surface area is 278 Å². The molecule has 0 aliphatic carbocycles. The van der Waals surface area contributed by atoms with Crippen molar-refractivity contribution in [2.75, 3.05) is 19.8 Å². The number of hydrogen-bond donors (Lipinski definition) is 0. The maximum atomic E-state index is 14.0. The van der Waals surface area contributed by atoms with E-state index in [0.717, 1.165) is 34.5 Å². The van der Waals surface area contributed by atoms with E-state index in [1.807, 2.05) is 30.9 Å². The fourth-order valence-electron chi connectivity index (χ4n) is 5.77. The number of para-hydroxylation sites is 1. The summed E-state index contributed by atoms with van der Waals surface area (Å²) in [6.45, 7) is 15.1. The van der Waals surface area contributed by atoms with Crippen LogP contribution < -0.4 is 0 Å². The molecule has 3 aromatic rings. The molecule has 47 heavy (non-hydrogen) atoms. The molecule has 1 heterocycles. The molecule has 254 valence electrons. The summed E-state index contributed by atoms with van der Waals surface area (Å²) in [4.78, 5) is 13.5. The van der Waals surface area contributed by atoms with E-state index in [1.54, 1.807) is 17.9 Å². The normalized spacial score (nSPS) is 15.3. The third kappa shape index (κ3) is 8.50. The van der Waals surface area contributed by atoms with E-state index in [-0.39, 0.29) is 41.0 Å². The Kier molecular flexibility index (Phi) is 11.0. The minimum atomic E-state index is -5.01. The first-order valence-corrected chi connectivity index (χ1v) is 16.1. The van der Waals surface area contributed by atoms with Gasteiger partial charge in [-0.2, -0.15) is 26.3 Å². The maximum Gasteiger partial charge on any atom is 0.416 e. The topological polar surface area (TPSA) is 31.2 Å². The molecule has 1 aliphatic rings. The Balaban J connectivity index is 1.88. The minimum absolute atomic E-state index is 0.0289. The molecule has 1 fully saturated rings. The summed E-state index contributed by atoms with van der Waals surface area (Å²) in [6.07, 6.45) is -8.75. The molecule has 0 spiro atoms. The van der Waals surface area contributed by atoms with Gasteiger partial charge in [0.2, 0.25) is 0 Å². The lowest BCUT2D eigenvalue weighted by molar-refractivity contribution is -0.143. The van der Waals surface area contributed by atoms with E-state index < -0.39 is 23.5 Å². The van der Waals surface area contributed by atoms with Crippen LogP contribution in [0.15, 0.2) is 58.5 Å². The van der Waals surface area contributed by atoms with Gasteiger partial charge >= 0.3 is 12.4 Å². The quantitative estimate of drug-likeness (QED) is 0.148. The van der Waals surface area contributed by atoms with E-state index >= 15 is 0 Å². The molecule has 0 saturated carbocycles. The summed E-state index contributed by atoms with van der Waals surface area (Å²) >= 11 is 6.63. The van der Waals surface area contributed by atoms with Crippen molar-refractivity contribution in [3.8, 4) is 0 Å². The lowest BCUT2D eigenvalue weighted by atomic mass is 9.93. The van der Waals surface area contributed by atoms with Crippen LogP contribution in [0.2, 0.25) is 5.02 Å². The maximum absolute atomic E-state index is 14.0. The molecule has 1 saturated heterocycles. The first-order valence-electron chi connectivity index (χ1n) is 15.8. The average Bonchev–Trinajstić information content (AvgIpc) is 2.99. The molecule has 1 aliphatic heterocycles. The highest BCUT2D eigenvalue weighted by molar-refractivity contribution is 6.33. The molecule has 0 atom stereocenters. The fraction of sp³-hybridized carbons (Fsp3) is 0.444. The van der Waals surface area contributed by atoms with Crippen LogP contribution in [0.4, 0.5) is 37.7 Å². The van der Waals surface area contributed by atoms with Gasteiger partial charge in [0.1, 0.15) is 11.7 Å². The Morgan fingerprint density at radius 1 is 0.809 bits per heavy atom. The highest BCUT2D eigenvalue weighted by atomic mass is 35.5. The molecule has 4 nitrogen and oxygen atoms in total. The minimum Gasteiger partial charge on any atom is -0.342 e. The standard InChI is InChI=1S/C36H41ClF6N4/c1-8-25-15-23(6)32(31(37)16-25)45-34(26-17-27(35(38,39)40)19-28(18-26)36(41,42)43)47-14-10-13-46(20-47)24(7)44-33-29(21(2)3)11-9-12-30(33)22(4)5/h9,11-12,15-19,21-22H,8,10,13-14,20H2,1-7H3. The van der Waals surface area contributed by atoms with Gasteiger partial charge in [-0.3, -0.25) is 0 Å². The molecule has 11 heteroatoms. The smallest absolute Gasteiger partial charge is 0.342 e. The first kappa shape index (κ1) is 36.3. The van der Waals surface area contributed by atoms with Gasteiger partial charge in [-0.25, -0.2) is 9.98 Å². The van der Waals surface area contributed by atoms with E-state index in [9.17, 15) is 26.3 Å². The summed E-state index contributed by atoms with van der Waals surface area (Å²) in [5.41, 5.74) is 1.84. The molecular formula is C36H41ClF6N4. The fourth-order valence-corrected chi connectivity index (χ4v) is 6.10. The van der Waals surface area contributed by atoms with Gasteiger partial charge in [-0.15, -0.1) is 0 Å². The number of aryl methyl sites for hydroxylation is 2. The van der Waals surface area contributed by atoms with Crippen LogP contribution in [0.1, 0.15) is 98.7 Å². The van der Waals surface area contributed by atoms with Crippen molar-refractivity contribution in [2.24, 2.45) is 9.98 Å². The van der Waals surface area contributed by atoms with E-state index in [0.29, 0.717) is 43.0 Å². The van der Waals surface area contributed by atoms with Gasteiger partial charge in [-0.1, -0.05) is 70.5 Å². The number of alkyl halides is 6. The number of hydrogen-bond acceptors (Lipinski definition) is 2. The van der Waals surface area contributed by atoms with Crippen LogP contribution in [-0.4, -0.2) is 41.2 Å². The van der Waals surface area contributed by atoms with Crippen LogP contribution in [-0.2, 0) is 18.8 Å². The molecule has 0 bridgehead atoms. The highest BCUT2D eigenvalue weighted by Crippen LogP contribution is 2.39. The Bertz CT molecular complexity index is 1570. The van der Waals surface area contributed by atoms with Gasteiger partial charge in [0, 0.05) is 18.7 Å². The molecule has 4 rings (SSSR count). The van der Waals surface area contributed by atoms with Crippen LogP contribution in [0.5, 0.6) is 0 Å². The molecule has 0 unspecified atom stereocenters. The Morgan fingerprint density at radius 3 is 1.85 bits per heavy atom. The molecule has 0 amide bonds. The Hall–Kier alpha value is -3.53. The molecular weight excluding hydrogens is 638 g/mol. The van der Waals surface area contributed by atoms with Gasteiger partial charge < -0.3 is 9.80 Å². The van der Waals surface area contributed by atoms with Crippen LogP contribution in [0, 0.1) is 6.92 Å². The van der Waals surface area contributed by atoms with Crippen LogP contribution in [0.25, 0.3) is 0 Å². The number of benzene rings is 3. The number of amidine groups is 2. The van der Waals surface area contributed by atoms with E-state index in [4.69, 9.17) is 21.6 Å². The monoisotopic (exact) mass is 678 g/mol. The summed E-state index contributed by atoms with van der Waals surface area (Å²) in [6, 6.07) is 11.3. The number of halogens is 7. The highest BCUT2D eigenvalue weighted by Gasteiger charge is 2.38. The van der Waals surface area contributed by atoms with Gasteiger partial charge in [0.15, 0.2) is 0 Å². The van der Waals surface area contributed by atoms with Crippen molar-refractivity contribution in [2.45, 2.75) is 85.5 Å². The Morgan fingerprint density at radius 2 is 1.36 bits per heavy atom. The SMILES string of the molecule is CCc1cc(C)c(N=C(c2cc(C(F)(F)F)cc(C(F)(F)F)c2)N2CCCN(C(C)=Nc3c(C(C)C)cccc3C(C)C)C2)c(Cl)c1. The predicted molar refractivity (Wildman–Crippen MR) is 178 cm³/mol. The number of nitrogens with zero attached hydrogens (tertiary/aromatic N) is 4. The summed E-state index contributed by atoms with van der Waals surface area (Å²) in [5, 5.41) is 0.264. The zero-order valence-electron chi connectivity index (χ0n) is 27.7. The zero-order valence-corrected chi connectivity index (χ0v) is 28.5. The van der Waals surface area contributed by atoms with Crippen molar-refractivity contribution >= 4 is 34.6 Å². The number of aliphatic imine (C=N–C) groups is 2.